The van der Waals surface area contributed by atoms with Gasteiger partial charge in [0.05, 0.1) is 24.7 Å². The molecule has 0 spiro atoms. The van der Waals surface area contributed by atoms with Crippen LogP contribution in [0.25, 0.3) is 0 Å². The number of carbonyl (C=O) groups excluding carboxylic acids is 3. The Labute approximate surface area is 215 Å². The lowest BCUT2D eigenvalue weighted by Crippen LogP contribution is -2.58. The van der Waals surface area contributed by atoms with Gasteiger partial charge in [0.25, 0.3) is 0 Å². The minimum atomic E-state index is -0.923. The molecule has 36 heavy (non-hydrogen) atoms. The van der Waals surface area contributed by atoms with Crippen LogP contribution in [-0.2, 0) is 14.4 Å². The summed E-state index contributed by atoms with van der Waals surface area (Å²) in [5, 5.41) is 12.7. The Bertz CT molecular complexity index is 815. The van der Waals surface area contributed by atoms with E-state index >= 15 is 0 Å². The average Bonchev–Trinajstić information content (AvgIpc) is 3.28. The molecule has 4 unspecified atom stereocenters. The fourth-order valence-electron chi connectivity index (χ4n) is 6.74. The Kier molecular flexibility index (Phi) is 8.60. The number of nitrogens with one attached hydrogen (secondary N) is 4. The van der Waals surface area contributed by atoms with Gasteiger partial charge in [0.2, 0.25) is 17.7 Å². The summed E-state index contributed by atoms with van der Waals surface area (Å²) in [6, 6.07) is -1.24. The number of nitrogens with zero attached hydrogens (tertiary/aromatic N) is 1. The summed E-state index contributed by atoms with van der Waals surface area (Å²) in [4.78, 5) is 41.6. The molecule has 2 heterocycles. The molecule has 7 atom stereocenters. The second kappa shape index (κ2) is 11.3. The van der Waals surface area contributed by atoms with E-state index in [0.29, 0.717) is 13.0 Å². The van der Waals surface area contributed by atoms with Gasteiger partial charge in [0.1, 0.15) is 12.2 Å². The van der Waals surface area contributed by atoms with Crippen LogP contribution in [0.5, 0.6) is 0 Å². The molecule has 4 rings (SSSR count). The zero-order valence-electron chi connectivity index (χ0n) is 22.4. The molecule has 3 amide bonds. The SMILES string of the molecule is CC[C@H]1CCCCN1C(=O)C[C@H](NC(=O)C1CC(C)(C)C1)C(=O)N[C@@H](C)C1NC2CCCC(F)C2N1. The number of carbonyl (C=O) groups is 3. The molecule has 9 heteroatoms. The monoisotopic (exact) mass is 507 g/mol. The number of alkyl halides is 1. The number of amides is 3. The van der Waals surface area contributed by atoms with Crippen molar-refractivity contribution < 1.29 is 18.8 Å². The molecular weight excluding hydrogens is 461 g/mol. The number of hydrogen-bond acceptors (Lipinski definition) is 5. The van der Waals surface area contributed by atoms with Crippen molar-refractivity contribution in [1.29, 1.82) is 0 Å². The first kappa shape index (κ1) is 27.3. The Morgan fingerprint density at radius 3 is 2.47 bits per heavy atom. The van der Waals surface area contributed by atoms with Crippen molar-refractivity contribution in [2.75, 3.05) is 6.54 Å². The first-order valence-electron chi connectivity index (χ1n) is 14.1. The highest BCUT2D eigenvalue weighted by atomic mass is 19.1. The van der Waals surface area contributed by atoms with Crippen molar-refractivity contribution in [2.45, 2.75) is 134 Å². The van der Waals surface area contributed by atoms with Crippen LogP contribution in [0.4, 0.5) is 4.39 Å². The molecule has 0 aromatic heterocycles. The highest BCUT2D eigenvalue weighted by Crippen LogP contribution is 2.44. The Morgan fingerprint density at radius 1 is 1.06 bits per heavy atom. The van der Waals surface area contributed by atoms with Crippen LogP contribution in [0, 0.1) is 11.3 Å². The molecule has 4 fully saturated rings. The zero-order chi connectivity index (χ0) is 26.0. The summed E-state index contributed by atoms with van der Waals surface area (Å²) in [7, 11) is 0. The lowest BCUT2D eigenvalue weighted by atomic mass is 9.64. The van der Waals surface area contributed by atoms with Gasteiger partial charge in [-0.25, -0.2) is 4.39 Å². The maximum absolute atomic E-state index is 14.4. The van der Waals surface area contributed by atoms with E-state index in [0.717, 1.165) is 51.4 Å². The molecule has 4 N–H and O–H groups in total. The number of piperidine rings is 1. The van der Waals surface area contributed by atoms with Crippen molar-refractivity contribution >= 4 is 17.7 Å². The highest BCUT2D eigenvalue weighted by molar-refractivity contribution is 5.93. The van der Waals surface area contributed by atoms with Crippen molar-refractivity contribution in [3.63, 3.8) is 0 Å². The van der Waals surface area contributed by atoms with E-state index in [2.05, 4.69) is 42.0 Å². The van der Waals surface area contributed by atoms with Gasteiger partial charge in [-0.05, 0) is 70.1 Å². The van der Waals surface area contributed by atoms with E-state index in [4.69, 9.17) is 0 Å². The predicted molar refractivity (Wildman–Crippen MR) is 137 cm³/mol. The van der Waals surface area contributed by atoms with Crippen LogP contribution in [0.2, 0.25) is 0 Å². The number of likely N-dealkylation sites (tertiary alicyclic amines) is 1. The first-order valence-corrected chi connectivity index (χ1v) is 14.1. The molecule has 4 aliphatic rings. The lowest BCUT2D eigenvalue weighted by molar-refractivity contribution is -0.140. The van der Waals surface area contributed by atoms with Crippen LogP contribution in [0.15, 0.2) is 0 Å². The van der Waals surface area contributed by atoms with Crippen molar-refractivity contribution in [2.24, 2.45) is 11.3 Å². The van der Waals surface area contributed by atoms with Gasteiger partial charge in [-0.2, -0.15) is 0 Å². The smallest absolute Gasteiger partial charge is 0.243 e. The number of rotatable bonds is 8. The second-order valence-corrected chi connectivity index (χ2v) is 12.4. The molecule has 204 valence electrons. The average molecular weight is 508 g/mol. The van der Waals surface area contributed by atoms with E-state index in [1.165, 1.54) is 0 Å². The largest absolute Gasteiger partial charge is 0.349 e. The van der Waals surface area contributed by atoms with Gasteiger partial charge in [0, 0.05) is 24.5 Å². The predicted octanol–water partition coefficient (Wildman–Crippen LogP) is 2.37. The summed E-state index contributed by atoms with van der Waals surface area (Å²) < 4.78 is 14.4. The standard InChI is InChI=1S/C27H46FN5O3/c1-5-18-9-6-7-12-33(18)22(34)13-21(31-25(35)17-14-27(3,4)15-17)26(36)29-16(2)24-30-20-11-8-10-19(28)23(20)32-24/h16-21,23-24,30,32H,5-15H2,1-4H3,(H,29,36)(H,31,35)/t16-,18-,19?,20?,21-,23?,24?/m0/s1. The molecule has 2 aliphatic carbocycles. The molecule has 2 aliphatic heterocycles. The van der Waals surface area contributed by atoms with Gasteiger partial charge < -0.3 is 15.5 Å². The van der Waals surface area contributed by atoms with Crippen LogP contribution >= 0.6 is 0 Å². The van der Waals surface area contributed by atoms with Crippen LogP contribution < -0.4 is 21.3 Å². The molecule has 0 radical (unpaired) electrons. The number of fused-ring (bicyclic) bond motifs is 1. The van der Waals surface area contributed by atoms with Crippen molar-refractivity contribution in [3.8, 4) is 0 Å². The highest BCUT2D eigenvalue weighted by Gasteiger charge is 2.44. The fraction of sp³-hybridized carbons (Fsp3) is 0.889. The quantitative estimate of drug-likeness (QED) is 0.404. The minimum Gasteiger partial charge on any atom is -0.349 e. The van der Waals surface area contributed by atoms with Crippen LogP contribution in [-0.4, -0.2) is 71.7 Å². The summed E-state index contributed by atoms with van der Waals surface area (Å²) in [6.07, 6.45) is 6.65. The summed E-state index contributed by atoms with van der Waals surface area (Å²) in [6.45, 7) is 8.93. The maximum Gasteiger partial charge on any atom is 0.243 e. The third-order valence-corrected chi connectivity index (χ3v) is 8.85. The normalized spacial score (nSPS) is 33.7. The summed E-state index contributed by atoms with van der Waals surface area (Å²) >= 11 is 0. The first-order chi connectivity index (χ1) is 17.1. The summed E-state index contributed by atoms with van der Waals surface area (Å²) in [5.74, 6) is -0.705. The van der Waals surface area contributed by atoms with E-state index in [9.17, 15) is 18.8 Å². The third-order valence-electron chi connectivity index (χ3n) is 8.85. The third kappa shape index (κ3) is 6.21. The number of halogens is 1. The molecule has 0 aromatic rings. The molecule has 8 nitrogen and oxygen atoms in total. The Hall–Kier alpha value is -1.74. The zero-order valence-corrected chi connectivity index (χ0v) is 22.4. The van der Waals surface area contributed by atoms with E-state index < -0.39 is 12.2 Å². The van der Waals surface area contributed by atoms with Crippen LogP contribution in [0.1, 0.15) is 91.9 Å². The van der Waals surface area contributed by atoms with E-state index in [1.807, 2.05) is 11.8 Å². The molecule has 0 bridgehead atoms. The maximum atomic E-state index is 14.4. The van der Waals surface area contributed by atoms with E-state index in [1.54, 1.807) is 0 Å². The molecule has 2 saturated carbocycles. The molecule has 0 aromatic carbocycles. The van der Waals surface area contributed by atoms with Crippen molar-refractivity contribution in [1.82, 2.24) is 26.2 Å². The van der Waals surface area contributed by atoms with Gasteiger partial charge >= 0.3 is 0 Å². The molecule has 2 saturated heterocycles. The Morgan fingerprint density at radius 2 is 1.81 bits per heavy atom. The fourth-order valence-corrected chi connectivity index (χ4v) is 6.74. The van der Waals surface area contributed by atoms with Gasteiger partial charge in [0.15, 0.2) is 0 Å². The van der Waals surface area contributed by atoms with E-state index in [-0.39, 0.29) is 65.8 Å². The minimum absolute atomic E-state index is 0.0414. The lowest BCUT2D eigenvalue weighted by Gasteiger charge is -2.42. The second-order valence-electron chi connectivity index (χ2n) is 12.4. The Balaban J connectivity index is 1.40. The number of hydrogen-bond donors (Lipinski definition) is 4. The van der Waals surface area contributed by atoms with Gasteiger partial charge in [-0.15, -0.1) is 0 Å². The van der Waals surface area contributed by atoms with Gasteiger partial charge in [-0.1, -0.05) is 20.8 Å². The molecular formula is C27H46FN5O3. The van der Waals surface area contributed by atoms with Gasteiger partial charge in [-0.3, -0.25) is 25.0 Å². The van der Waals surface area contributed by atoms with Crippen LogP contribution in [0.3, 0.4) is 0 Å². The topological polar surface area (TPSA) is 103 Å². The summed E-state index contributed by atoms with van der Waals surface area (Å²) in [5.41, 5.74) is 0.136. The van der Waals surface area contributed by atoms with Crippen molar-refractivity contribution in [3.05, 3.63) is 0 Å².